The van der Waals surface area contributed by atoms with Crippen LogP contribution in [0.25, 0.3) is 0 Å². The molecule has 1 aromatic heterocycles. The van der Waals surface area contributed by atoms with Crippen molar-refractivity contribution in [3.63, 3.8) is 0 Å². The summed E-state index contributed by atoms with van der Waals surface area (Å²) in [7, 11) is 0. The molecule has 0 atom stereocenters. The first-order chi connectivity index (χ1) is 14.1. The SMILES string of the molecule is Cc1nn(Cc2ccccc2)c(C)c1/C=N/NC(=O)COc1ccc(C#N)cc1. The smallest absolute Gasteiger partial charge is 0.277 e. The number of rotatable bonds is 7. The molecule has 3 rings (SSSR count). The Bertz CT molecular complexity index is 1050. The van der Waals surface area contributed by atoms with Crippen molar-refractivity contribution >= 4 is 12.1 Å². The minimum atomic E-state index is -0.377. The van der Waals surface area contributed by atoms with Gasteiger partial charge in [0.2, 0.25) is 0 Å². The summed E-state index contributed by atoms with van der Waals surface area (Å²) in [4.78, 5) is 11.9. The summed E-state index contributed by atoms with van der Waals surface area (Å²) in [6, 6.07) is 18.7. The topological polar surface area (TPSA) is 92.3 Å². The van der Waals surface area contributed by atoms with Crippen LogP contribution in [0.2, 0.25) is 0 Å². The van der Waals surface area contributed by atoms with Crippen LogP contribution in [-0.2, 0) is 11.3 Å². The molecule has 0 saturated heterocycles. The zero-order valence-corrected chi connectivity index (χ0v) is 16.3. The average molecular weight is 387 g/mol. The Morgan fingerprint density at radius 2 is 1.93 bits per heavy atom. The fraction of sp³-hybridized carbons (Fsp3) is 0.182. The first-order valence-corrected chi connectivity index (χ1v) is 9.09. The van der Waals surface area contributed by atoms with E-state index in [1.54, 1.807) is 30.5 Å². The molecular weight excluding hydrogens is 366 g/mol. The molecule has 29 heavy (non-hydrogen) atoms. The van der Waals surface area contributed by atoms with E-state index in [4.69, 9.17) is 10.00 Å². The Hall–Kier alpha value is -3.92. The van der Waals surface area contributed by atoms with Gasteiger partial charge in [0, 0.05) is 11.3 Å². The van der Waals surface area contributed by atoms with Crippen LogP contribution >= 0.6 is 0 Å². The minimum Gasteiger partial charge on any atom is -0.484 e. The number of carbonyl (C=O) groups excluding carboxylic acids is 1. The molecule has 0 unspecified atom stereocenters. The molecule has 0 bridgehead atoms. The van der Waals surface area contributed by atoms with Gasteiger partial charge in [-0.1, -0.05) is 30.3 Å². The lowest BCUT2D eigenvalue weighted by Gasteiger charge is -2.05. The summed E-state index contributed by atoms with van der Waals surface area (Å²) < 4.78 is 7.29. The average Bonchev–Trinajstić information content (AvgIpc) is 3.00. The number of hydrazone groups is 1. The number of amides is 1. The van der Waals surface area contributed by atoms with E-state index in [-0.39, 0.29) is 12.5 Å². The van der Waals surface area contributed by atoms with E-state index >= 15 is 0 Å². The van der Waals surface area contributed by atoms with E-state index in [9.17, 15) is 4.79 Å². The van der Waals surface area contributed by atoms with Crippen LogP contribution in [0.15, 0.2) is 59.7 Å². The molecule has 1 N–H and O–H groups in total. The third-order valence-electron chi connectivity index (χ3n) is 4.35. The predicted octanol–water partition coefficient (Wildman–Crippen LogP) is 2.95. The number of hydrogen-bond donors (Lipinski definition) is 1. The highest BCUT2D eigenvalue weighted by atomic mass is 16.5. The van der Waals surface area contributed by atoms with Gasteiger partial charge in [-0.05, 0) is 43.7 Å². The zero-order chi connectivity index (χ0) is 20.6. The van der Waals surface area contributed by atoms with Gasteiger partial charge in [0.05, 0.1) is 30.1 Å². The lowest BCUT2D eigenvalue weighted by atomic mass is 10.2. The second-order valence-corrected chi connectivity index (χ2v) is 6.45. The molecule has 1 heterocycles. The molecule has 7 nitrogen and oxygen atoms in total. The van der Waals surface area contributed by atoms with E-state index in [1.807, 2.05) is 42.8 Å². The van der Waals surface area contributed by atoms with E-state index in [2.05, 4.69) is 27.8 Å². The molecule has 0 fully saturated rings. The van der Waals surface area contributed by atoms with E-state index in [0.717, 1.165) is 22.5 Å². The third-order valence-corrected chi connectivity index (χ3v) is 4.35. The number of aromatic nitrogens is 2. The van der Waals surface area contributed by atoms with E-state index in [0.29, 0.717) is 17.9 Å². The Labute approximate surface area is 169 Å². The zero-order valence-electron chi connectivity index (χ0n) is 16.3. The van der Waals surface area contributed by atoms with Gasteiger partial charge in [-0.3, -0.25) is 9.48 Å². The Morgan fingerprint density at radius 3 is 2.62 bits per heavy atom. The molecule has 0 spiro atoms. The van der Waals surface area contributed by atoms with Crippen molar-refractivity contribution in [3.05, 3.63) is 82.7 Å². The summed E-state index contributed by atoms with van der Waals surface area (Å²) in [6.07, 6.45) is 1.60. The first-order valence-electron chi connectivity index (χ1n) is 9.09. The fourth-order valence-corrected chi connectivity index (χ4v) is 2.78. The summed E-state index contributed by atoms with van der Waals surface area (Å²) in [5, 5.41) is 17.4. The number of benzene rings is 2. The van der Waals surface area contributed by atoms with Crippen molar-refractivity contribution in [1.29, 1.82) is 5.26 Å². The van der Waals surface area contributed by atoms with Crippen molar-refractivity contribution in [2.75, 3.05) is 6.61 Å². The van der Waals surface area contributed by atoms with Gasteiger partial charge < -0.3 is 4.74 Å². The molecule has 3 aromatic rings. The highest BCUT2D eigenvalue weighted by molar-refractivity contribution is 5.84. The highest BCUT2D eigenvalue weighted by Crippen LogP contribution is 2.13. The van der Waals surface area contributed by atoms with E-state index < -0.39 is 0 Å². The number of ether oxygens (including phenoxy) is 1. The number of nitrogens with zero attached hydrogens (tertiary/aromatic N) is 4. The number of nitrogens with one attached hydrogen (secondary N) is 1. The summed E-state index contributed by atoms with van der Waals surface area (Å²) in [5.74, 6) is 0.134. The third kappa shape index (κ3) is 5.30. The Morgan fingerprint density at radius 1 is 1.21 bits per heavy atom. The minimum absolute atomic E-state index is 0.172. The monoisotopic (exact) mass is 387 g/mol. The van der Waals surface area contributed by atoms with Gasteiger partial charge in [0.1, 0.15) is 5.75 Å². The van der Waals surface area contributed by atoms with E-state index in [1.165, 1.54) is 0 Å². The molecule has 0 aliphatic rings. The maximum atomic E-state index is 11.9. The highest BCUT2D eigenvalue weighted by Gasteiger charge is 2.10. The van der Waals surface area contributed by atoms with Crippen LogP contribution in [-0.4, -0.2) is 28.5 Å². The maximum Gasteiger partial charge on any atom is 0.277 e. The molecule has 2 aromatic carbocycles. The molecule has 146 valence electrons. The van der Waals surface area contributed by atoms with Crippen LogP contribution in [0.4, 0.5) is 0 Å². The second kappa shape index (κ2) is 9.33. The Kier molecular flexibility index (Phi) is 6.38. The number of carbonyl (C=O) groups is 1. The Balaban J connectivity index is 1.55. The van der Waals surface area contributed by atoms with Crippen LogP contribution in [0.5, 0.6) is 5.75 Å². The maximum absolute atomic E-state index is 11.9. The summed E-state index contributed by atoms with van der Waals surface area (Å²) in [5.41, 5.74) is 6.83. The molecular formula is C22H21N5O2. The van der Waals surface area contributed by atoms with Gasteiger partial charge >= 0.3 is 0 Å². The van der Waals surface area contributed by atoms with Crippen LogP contribution in [0.3, 0.4) is 0 Å². The molecule has 0 aliphatic heterocycles. The quantitative estimate of drug-likeness (QED) is 0.498. The van der Waals surface area contributed by atoms with Gasteiger partial charge in [-0.25, -0.2) is 5.43 Å². The van der Waals surface area contributed by atoms with Crippen molar-refractivity contribution < 1.29 is 9.53 Å². The van der Waals surface area contributed by atoms with Gasteiger partial charge in [0.15, 0.2) is 6.61 Å². The molecule has 0 saturated carbocycles. The number of aryl methyl sites for hydroxylation is 1. The van der Waals surface area contributed by atoms with Crippen molar-refractivity contribution in [2.45, 2.75) is 20.4 Å². The van der Waals surface area contributed by atoms with Crippen LogP contribution in [0, 0.1) is 25.2 Å². The number of hydrogen-bond acceptors (Lipinski definition) is 5. The second-order valence-electron chi connectivity index (χ2n) is 6.45. The fourth-order valence-electron chi connectivity index (χ4n) is 2.78. The van der Waals surface area contributed by atoms with Crippen molar-refractivity contribution in [2.24, 2.45) is 5.10 Å². The normalized spacial score (nSPS) is 10.7. The van der Waals surface area contributed by atoms with Crippen LogP contribution < -0.4 is 10.2 Å². The lowest BCUT2D eigenvalue weighted by Crippen LogP contribution is -2.24. The predicted molar refractivity (Wildman–Crippen MR) is 110 cm³/mol. The van der Waals surface area contributed by atoms with Gasteiger partial charge in [-0.15, -0.1) is 0 Å². The number of nitriles is 1. The molecule has 1 amide bonds. The molecule has 7 heteroatoms. The lowest BCUT2D eigenvalue weighted by molar-refractivity contribution is -0.123. The summed E-state index contributed by atoms with van der Waals surface area (Å²) >= 11 is 0. The van der Waals surface area contributed by atoms with Gasteiger partial charge in [-0.2, -0.15) is 15.5 Å². The van der Waals surface area contributed by atoms with Crippen molar-refractivity contribution in [1.82, 2.24) is 15.2 Å². The molecule has 0 aliphatic carbocycles. The summed E-state index contributed by atoms with van der Waals surface area (Å²) in [6.45, 7) is 4.38. The molecule has 0 radical (unpaired) electrons. The van der Waals surface area contributed by atoms with Crippen molar-refractivity contribution in [3.8, 4) is 11.8 Å². The van der Waals surface area contributed by atoms with Crippen LogP contribution in [0.1, 0.15) is 28.1 Å². The first kappa shape index (κ1) is 19.8. The van der Waals surface area contributed by atoms with Gasteiger partial charge in [0.25, 0.3) is 5.91 Å². The standard InChI is InChI=1S/C22H21N5O2/c1-16-21(17(2)27(26-16)14-19-6-4-3-5-7-19)13-24-25-22(28)15-29-20-10-8-18(12-23)9-11-20/h3-11,13H,14-15H2,1-2H3,(H,25,28)/b24-13+. The largest absolute Gasteiger partial charge is 0.484 e.